The number of carbonyl (C=O) groups is 5. The molecule has 0 saturated heterocycles. The van der Waals surface area contributed by atoms with Crippen molar-refractivity contribution in [1.29, 1.82) is 0 Å². The van der Waals surface area contributed by atoms with E-state index in [1.54, 1.807) is 0 Å². The Morgan fingerprint density at radius 3 is 0.664 bits per heavy atom. The first-order valence-electron chi connectivity index (χ1n) is 40.3. The maximum atomic E-state index is 14.3. The van der Waals surface area contributed by atoms with Gasteiger partial charge in [-0.3, -0.25) is 24.0 Å². The first-order chi connectivity index (χ1) is 63.4. The predicted octanol–water partition coefficient (Wildman–Crippen LogP) is 16.8. The van der Waals surface area contributed by atoms with Gasteiger partial charge in [0, 0.05) is 86.0 Å². The third kappa shape index (κ3) is 25.5. The van der Waals surface area contributed by atoms with Gasteiger partial charge < -0.3 is 76.0 Å². The van der Waals surface area contributed by atoms with Crippen LogP contribution in [0.1, 0.15) is 140 Å². The van der Waals surface area contributed by atoms with Crippen molar-refractivity contribution >= 4 is 29.5 Å². The van der Waals surface area contributed by atoms with Gasteiger partial charge in [0.2, 0.25) is 29.4 Å². The Hall–Kier alpha value is -13.4. The van der Waals surface area contributed by atoms with Crippen LogP contribution in [-0.4, -0.2) is 149 Å². The molecule has 25 nitrogen and oxygen atoms in total. The highest BCUT2D eigenvalue weighted by Gasteiger charge is 2.38. The van der Waals surface area contributed by atoms with Crippen molar-refractivity contribution in [2.75, 3.05) is 6.61 Å². The van der Waals surface area contributed by atoms with E-state index in [0.29, 0.717) is 92.0 Å². The number of carbonyl (C=O) groups excluding carboxylic acids is 5. The van der Waals surface area contributed by atoms with Crippen molar-refractivity contribution in [3.05, 3.63) is 236 Å². The number of ether oxygens (including phenoxy) is 10. The van der Waals surface area contributed by atoms with E-state index in [0.717, 1.165) is 60.7 Å². The highest BCUT2D eigenvalue weighted by Crippen LogP contribution is 2.45. The summed E-state index contributed by atoms with van der Waals surface area (Å²) >= 11 is 0. The van der Waals surface area contributed by atoms with Gasteiger partial charge in [-0.15, -0.1) is 0 Å². The van der Waals surface area contributed by atoms with Gasteiger partial charge in [-0.1, -0.05) is 0 Å². The number of aromatic nitrogens is 5. The quantitative estimate of drug-likeness (QED) is 0.0332. The number of hydrogen-bond acceptors (Lipinski definition) is 20. The average molecular weight is 1910 g/mol. The lowest BCUT2D eigenvalue weighted by molar-refractivity contribution is -0.180. The molecule has 0 bridgehead atoms. The summed E-state index contributed by atoms with van der Waals surface area (Å²) in [7, 11) is 0. The topological polar surface area (TPSA) is 372 Å². The van der Waals surface area contributed by atoms with E-state index in [-0.39, 0.29) is 120 Å². The van der Waals surface area contributed by atoms with Crippen LogP contribution in [0.4, 0.5) is 87.8 Å². The van der Waals surface area contributed by atoms with Crippen molar-refractivity contribution in [2.45, 2.75) is 180 Å². The monoisotopic (exact) mass is 1910 g/mol. The fraction of sp³-hybridized carbons (Fsp3) is 0.326. The Kier molecular flexibility index (Phi) is 33.5. The SMILES string of the molecule is C[C@@H](OC(F)F)[C@@H]1CCc2c(-c3ccc(F)cc3F)cc(C(N)=O)nc2O1.C[C@@H](OC(F)F)[C@H]1CCc2c(-c3ccc(F)cc3F)cc(C(N)=O)nc2O1.C[C@H](OC(F)F)[C@@H]1CCc2c(-c3ccc(F)cc3F)cc(C(N)=O)nc2O1.C[C@H](OC(F)F)[C@H]1CCc2c(-c3ccc(F)cc3F)cc(C(N)=O)nc2O1.NC(=O)c1cc(-c2ccc(F)cc2F)c2c(n1)O[C@@H](COC(F)F)CC2. The smallest absolute Gasteiger partial charge is 0.345 e. The minimum atomic E-state index is -2.96. The van der Waals surface area contributed by atoms with Gasteiger partial charge in [0.15, 0.2) is 0 Å². The van der Waals surface area contributed by atoms with Gasteiger partial charge >= 0.3 is 33.1 Å². The Balaban J connectivity index is 0.000000161. The second-order valence-corrected chi connectivity index (χ2v) is 30.2. The van der Waals surface area contributed by atoms with Gasteiger partial charge in [-0.2, -0.15) is 43.9 Å². The minimum Gasteiger partial charge on any atom is -0.472 e. The van der Waals surface area contributed by atoms with Crippen molar-refractivity contribution in [3.8, 4) is 85.0 Å². The van der Waals surface area contributed by atoms with Crippen LogP contribution in [0.3, 0.4) is 0 Å². The molecule has 714 valence electrons. The van der Waals surface area contributed by atoms with Crippen molar-refractivity contribution in [3.63, 3.8) is 0 Å². The molecule has 5 aliphatic heterocycles. The van der Waals surface area contributed by atoms with Gasteiger partial charge in [-0.25, -0.2) is 68.8 Å². The predicted molar refractivity (Wildman–Crippen MR) is 432 cm³/mol. The normalized spacial score (nSPS) is 17.1. The maximum absolute atomic E-state index is 14.3. The lowest BCUT2D eigenvalue weighted by Gasteiger charge is -2.30. The number of fused-ring (bicyclic) bond motifs is 5. The highest BCUT2D eigenvalue weighted by atomic mass is 19.3. The molecule has 45 heteroatoms. The number of amides is 5. The summed E-state index contributed by atoms with van der Waals surface area (Å²) in [4.78, 5) is 78.0. The number of nitrogens with two attached hydrogens (primary N) is 5. The summed E-state index contributed by atoms with van der Waals surface area (Å²) < 4.78 is 311. The number of benzene rings is 5. The summed E-state index contributed by atoms with van der Waals surface area (Å²) in [5.74, 6) is -12.2. The van der Waals surface area contributed by atoms with Crippen LogP contribution in [0.5, 0.6) is 29.4 Å². The van der Waals surface area contributed by atoms with Crippen molar-refractivity contribution in [2.24, 2.45) is 28.7 Å². The molecule has 5 aromatic heterocycles. The standard InChI is InChI=1S/4C18H16F4N2O3.C17H14F4N2O3/c4*1-8(26-18(21)22)15-5-4-11-12(10-3-2-9(19)6-13(10)20)7-14(16(23)25)24-17(11)27-15;18-8-1-3-10(13(19)5-8)12-6-14(15(22)24)23-16-11(12)4-2-9(26-16)7-25-17(20)21/h4*2-3,6-8,15,18H,4-5H2,1H3,(H2,23,25);1,3,5-6,9,17H,2,4,7H2,(H2,22,24)/t2*8-,15+;2*8-,15-;9-/m10101/s1. The van der Waals surface area contributed by atoms with Gasteiger partial charge in [-0.05, 0) is 211 Å². The average Bonchev–Trinajstić information content (AvgIpc) is 0.792. The van der Waals surface area contributed by atoms with Crippen molar-refractivity contribution in [1.82, 2.24) is 24.9 Å². The third-order valence-corrected chi connectivity index (χ3v) is 21.3. The molecule has 5 aliphatic rings. The van der Waals surface area contributed by atoms with Crippen LogP contribution in [0.2, 0.25) is 0 Å². The van der Waals surface area contributed by atoms with E-state index in [4.69, 9.17) is 52.4 Å². The summed E-state index contributed by atoms with van der Waals surface area (Å²) in [6.45, 7) is -9.41. The molecule has 0 aliphatic carbocycles. The molecule has 0 fully saturated rings. The number of halogens is 20. The molecule has 5 amide bonds. The summed E-state index contributed by atoms with van der Waals surface area (Å²) in [5.41, 5.74) is 29.5. The number of hydrogen-bond donors (Lipinski definition) is 5. The minimum absolute atomic E-state index is 0.00542. The van der Waals surface area contributed by atoms with E-state index < -0.39 is 176 Å². The molecule has 15 rings (SSSR count). The first-order valence-corrected chi connectivity index (χ1v) is 40.3. The van der Waals surface area contributed by atoms with Crippen LogP contribution >= 0.6 is 0 Å². The zero-order valence-electron chi connectivity index (χ0n) is 70.2. The number of pyridine rings is 5. The van der Waals surface area contributed by atoms with Crippen LogP contribution in [0.25, 0.3) is 55.6 Å². The Morgan fingerprint density at radius 2 is 0.485 bits per heavy atom. The van der Waals surface area contributed by atoms with E-state index >= 15 is 0 Å². The highest BCUT2D eigenvalue weighted by molar-refractivity contribution is 5.96. The molecule has 0 spiro atoms. The largest absolute Gasteiger partial charge is 0.472 e. The van der Waals surface area contributed by atoms with Crippen LogP contribution in [-0.2, 0) is 55.8 Å². The zero-order chi connectivity index (χ0) is 97.7. The fourth-order valence-electron chi connectivity index (χ4n) is 14.9. The molecule has 5 aromatic carbocycles. The van der Waals surface area contributed by atoms with Gasteiger partial charge in [0.25, 0.3) is 29.5 Å². The summed E-state index contributed by atoms with van der Waals surface area (Å²) in [6.07, 6.45) is -4.16. The summed E-state index contributed by atoms with van der Waals surface area (Å²) in [5, 5.41) is 0. The molecular weight excluding hydrogens is 1830 g/mol. The van der Waals surface area contributed by atoms with E-state index in [1.165, 1.54) is 88.4 Å². The zero-order valence-corrected chi connectivity index (χ0v) is 70.2. The number of alkyl halides is 10. The van der Waals surface area contributed by atoms with Crippen LogP contribution in [0, 0.1) is 58.2 Å². The second kappa shape index (κ2) is 44.4. The third-order valence-electron chi connectivity index (χ3n) is 21.3. The molecule has 10 heterocycles. The number of nitrogens with zero attached hydrogens (tertiary/aromatic N) is 5. The Morgan fingerprint density at radius 1 is 0.291 bits per heavy atom. The summed E-state index contributed by atoms with van der Waals surface area (Å²) in [6, 6.07) is 21.7. The molecule has 0 radical (unpaired) electrons. The Labute approximate surface area is 746 Å². The molecule has 134 heavy (non-hydrogen) atoms. The molecular formula is C89H78F20N10O15. The molecule has 9 atom stereocenters. The van der Waals surface area contributed by atoms with Gasteiger partial charge in [0.05, 0.1) is 31.0 Å². The molecule has 0 saturated carbocycles. The van der Waals surface area contributed by atoms with Gasteiger partial charge in [0.1, 0.15) is 117 Å². The first kappa shape index (κ1) is 101. The second-order valence-electron chi connectivity index (χ2n) is 30.2. The lowest BCUT2D eigenvalue weighted by Crippen LogP contribution is -2.36. The van der Waals surface area contributed by atoms with E-state index in [2.05, 4.69) is 48.6 Å². The van der Waals surface area contributed by atoms with Crippen LogP contribution in [0.15, 0.2) is 121 Å². The molecule has 10 aromatic rings. The Bertz CT molecular complexity index is 5430. The lowest BCUT2D eigenvalue weighted by atomic mass is 9.93. The van der Waals surface area contributed by atoms with Crippen LogP contribution < -0.4 is 52.4 Å². The molecule has 0 unspecified atom stereocenters. The fourth-order valence-corrected chi connectivity index (χ4v) is 14.9. The maximum Gasteiger partial charge on any atom is 0.345 e. The van der Waals surface area contributed by atoms with E-state index in [9.17, 15) is 112 Å². The van der Waals surface area contributed by atoms with E-state index in [1.807, 2.05) is 0 Å². The number of rotatable bonds is 25. The van der Waals surface area contributed by atoms with Crippen molar-refractivity contribution < 1.29 is 159 Å². The molecule has 10 N–H and O–H groups in total. The number of primary amides is 5.